The Labute approximate surface area is 167 Å². The lowest BCUT2D eigenvalue weighted by atomic mass is 9.93. The summed E-state index contributed by atoms with van der Waals surface area (Å²) in [4.78, 5) is 30.6. The van der Waals surface area contributed by atoms with E-state index in [1.807, 2.05) is 20.8 Å². The molecule has 0 spiro atoms. The number of carbonyl (C=O) groups is 2. The average molecular weight is 395 g/mol. The van der Waals surface area contributed by atoms with Crippen LogP contribution in [0.15, 0.2) is 41.1 Å². The molecule has 0 fully saturated rings. The van der Waals surface area contributed by atoms with Crippen LogP contribution in [0.1, 0.15) is 42.6 Å². The van der Waals surface area contributed by atoms with Crippen molar-refractivity contribution in [2.24, 2.45) is 5.73 Å². The number of nitrogen functional groups attached to an aromatic ring is 1. The number of hydrogen-bond acceptors (Lipinski definition) is 6. The summed E-state index contributed by atoms with van der Waals surface area (Å²) in [7, 11) is 0. The fourth-order valence-electron chi connectivity index (χ4n) is 2.62. The van der Waals surface area contributed by atoms with Crippen molar-refractivity contribution < 1.29 is 19.1 Å². The van der Waals surface area contributed by atoms with Crippen LogP contribution in [0.5, 0.6) is 0 Å². The number of anilines is 2. The Morgan fingerprint density at radius 2 is 1.90 bits per heavy atom. The van der Waals surface area contributed by atoms with Gasteiger partial charge >= 0.3 is 5.82 Å². The Bertz CT molecular complexity index is 1050. The van der Waals surface area contributed by atoms with E-state index in [0.717, 1.165) is 11.1 Å². The van der Waals surface area contributed by atoms with Crippen LogP contribution in [0.2, 0.25) is 0 Å². The number of nitrogens with two attached hydrogens (primary N) is 2. The standard InChI is InChI=1S/C20H22N6O3/c1-20(2,3)14-9-15(26-29-14)25-16(27)8-11-4-6-12(7-5-11)13-10-23-18(21)17(24-13)19(22)28/h4-7,9-10H,8H2,1-3H3,(H2,21,23)(H2,22,28)(H,25,26,27)/p+1. The van der Waals surface area contributed by atoms with E-state index in [4.69, 9.17) is 16.0 Å². The van der Waals surface area contributed by atoms with Crippen LogP contribution in [-0.4, -0.2) is 22.0 Å². The molecular formula is C20H23N6O3+. The summed E-state index contributed by atoms with van der Waals surface area (Å²) >= 11 is 0. The molecule has 9 nitrogen and oxygen atoms in total. The number of amides is 2. The molecule has 0 bridgehead atoms. The number of hydrogen-bond donors (Lipinski definition) is 3. The van der Waals surface area contributed by atoms with Crippen molar-refractivity contribution in [3.63, 3.8) is 0 Å². The van der Waals surface area contributed by atoms with E-state index >= 15 is 0 Å². The normalized spacial score (nSPS) is 11.3. The number of nitrogens with zero attached hydrogens (tertiary/aromatic N) is 2. The molecule has 2 aromatic heterocycles. The maximum absolute atomic E-state index is 12.3. The molecule has 3 rings (SSSR count). The van der Waals surface area contributed by atoms with Gasteiger partial charge in [0.1, 0.15) is 17.7 Å². The maximum Gasteiger partial charge on any atom is 0.302 e. The van der Waals surface area contributed by atoms with Crippen molar-refractivity contribution in [2.75, 3.05) is 11.1 Å². The van der Waals surface area contributed by atoms with Crippen molar-refractivity contribution >= 4 is 23.5 Å². The number of carbonyl (C=O) groups excluding carboxylic acids is 2. The van der Waals surface area contributed by atoms with Crippen molar-refractivity contribution in [2.45, 2.75) is 32.6 Å². The molecule has 1 aromatic carbocycles. The largest absolute Gasteiger partial charge is 0.364 e. The average Bonchev–Trinajstić information content (AvgIpc) is 3.11. The van der Waals surface area contributed by atoms with Gasteiger partial charge in [0.15, 0.2) is 5.82 Å². The number of nitrogens with one attached hydrogen (secondary N) is 2. The topological polar surface area (TPSA) is 151 Å². The predicted molar refractivity (Wildman–Crippen MR) is 107 cm³/mol. The van der Waals surface area contributed by atoms with Gasteiger partial charge in [-0.25, -0.2) is 9.97 Å². The van der Waals surface area contributed by atoms with Crippen molar-refractivity contribution in [1.82, 2.24) is 10.1 Å². The van der Waals surface area contributed by atoms with Gasteiger partial charge in [0.25, 0.3) is 5.91 Å². The molecule has 29 heavy (non-hydrogen) atoms. The molecule has 0 aliphatic rings. The fourth-order valence-corrected chi connectivity index (χ4v) is 2.62. The zero-order valence-electron chi connectivity index (χ0n) is 16.4. The van der Waals surface area contributed by atoms with E-state index in [-0.39, 0.29) is 29.3 Å². The van der Waals surface area contributed by atoms with Crippen molar-refractivity contribution in [3.05, 3.63) is 53.5 Å². The molecule has 0 atom stereocenters. The van der Waals surface area contributed by atoms with Gasteiger partial charge < -0.3 is 15.6 Å². The third-order valence-corrected chi connectivity index (χ3v) is 4.22. The molecule has 0 saturated heterocycles. The Morgan fingerprint density at radius 3 is 2.48 bits per heavy atom. The van der Waals surface area contributed by atoms with Crippen LogP contribution >= 0.6 is 0 Å². The van der Waals surface area contributed by atoms with E-state index in [0.29, 0.717) is 17.3 Å². The highest BCUT2D eigenvalue weighted by atomic mass is 16.5. The first-order chi connectivity index (χ1) is 13.6. The summed E-state index contributed by atoms with van der Waals surface area (Å²) in [6, 6.07) is 8.93. The SMILES string of the molecule is CC(C)(C)c1cc(NC(=O)Cc2ccc(-c3c[nH+]c(N)c(C(N)=O)n3)cc2)no1. The Hall–Kier alpha value is -3.75. The highest BCUT2D eigenvalue weighted by Crippen LogP contribution is 2.24. The van der Waals surface area contributed by atoms with Crippen LogP contribution in [0.3, 0.4) is 0 Å². The summed E-state index contributed by atoms with van der Waals surface area (Å²) in [5, 5.41) is 6.61. The van der Waals surface area contributed by atoms with Gasteiger partial charge in [0.2, 0.25) is 11.6 Å². The van der Waals surface area contributed by atoms with Gasteiger partial charge in [-0.3, -0.25) is 15.3 Å². The number of rotatable bonds is 5. The van der Waals surface area contributed by atoms with E-state index in [1.165, 1.54) is 0 Å². The first-order valence-electron chi connectivity index (χ1n) is 8.98. The number of H-pyrrole nitrogens is 1. The summed E-state index contributed by atoms with van der Waals surface area (Å²) in [6.45, 7) is 6.00. The van der Waals surface area contributed by atoms with Crippen LogP contribution in [0.4, 0.5) is 11.6 Å². The highest BCUT2D eigenvalue weighted by Gasteiger charge is 2.20. The molecule has 2 heterocycles. The maximum atomic E-state index is 12.3. The number of benzene rings is 1. The van der Waals surface area contributed by atoms with Gasteiger partial charge in [-0.2, -0.15) is 0 Å². The number of primary amides is 1. The second kappa shape index (κ2) is 7.70. The Kier molecular flexibility index (Phi) is 5.31. The summed E-state index contributed by atoms with van der Waals surface area (Å²) in [6.07, 6.45) is 1.76. The zero-order chi connectivity index (χ0) is 21.2. The molecule has 0 radical (unpaired) electrons. The van der Waals surface area contributed by atoms with Crippen LogP contribution in [0.25, 0.3) is 11.3 Å². The van der Waals surface area contributed by atoms with Crippen LogP contribution < -0.4 is 21.8 Å². The zero-order valence-corrected chi connectivity index (χ0v) is 16.4. The van der Waals surface area contributed by atoms with Gasteiger partial charge in [0.05, 0.1) is 6.42 Å². The van der Waals surface area contributed by atoms with Crippen LogP contribution in [-0.2, 0) is 16.6 Å². The van der Waals surface area contributed by atoms with Gasteiger partial charge in [-0.05, 0) is 5.56 Å². The lowest BCUT2D eigenvalue weighted by Gasteiger charge is -2.12. The molecule has 2 amide bonds. The minimum absolute atomic E-state index is 0.0202. The Morgan fingerprint density at radius 1 is 1.21 bits per heavy atom. The molecule has 0 aliphatic heterocycles. The van der Waals surface area contributed by atoms with E-state index < -0.39 is 5.91 Å². The van der Waals surface area contributed by atoms with E-state index in [1.54, 1.807) is 36.5 Å². The first kappa shape index (κ1) is 20.0. The fraction of sp³-hybridized carbons (Fsp3) is 0.250. The molecule has 0 unspecified atom stereocenters. The minimum Gasteiger partial charge on any atom is -0.364 e. The minimum atomic E-state index is -0.712. The molecule has 9 heteroatoms. The number of aromatic nitrogens is 3. The quantitative estimate of drug-likeness (QED) is 0.598. The molecule has 3 aromatic rings. The Balaban J connectivity index is 1.68. The van der Waals surface area contributed by atoms with Gasteiger partial charge in [-0.1, -0.05) is 50.2 Å². The van der Waals surface area contributed by atoms with E-state index in [2.05, 4.69) is 20.4 Å². The van der Waals surface area contributed by atoms with Crippen LogP contribution in [0, 0.1) is 0 Å². The smallest absolute Gasteiger partial charge is 0.302 e. The molecule has 150 valence electrons. The van der Waals surface area contributed by atoms with Gasteiger partial charge in [0, 0.05) is 17.0 Å². The monoisotopic (exact) mass is 395 g/mol. The summed E-state index contributed by atoms with van der Waals surface area (Å²) < 4.78 is 5.26. The summed E-state index contributed by atoms with van der Waals surface area (Å²) in [5.74, 6) is 0.271. The lowest BCUT2D eigenvalue weighted by Crippen LogP contribution is -2.23. The van der Waals surface area contributed by atoms with E-state index in [9.17, 15) is 9.59 Å². The first-order valence-corrected chi connectivity index (χ1v) is 8.98. The molecule has 0 saturated carbocycles. The second-order valence-corrected chi connectivity index (χ2v) is 7.66. The molecule has 0 aliphatic carbocycles. The van der Waals surface area contributed by atoms with Crippen molar-refractivity contribution in [1.29, 1.82) is 0 Å². The predicted octanol–water partition coefficient (Wildman–Crippen LogP) is 1.71. The van der Waals surface area contributed by atoms with Crippen molar-refractivity contribution in [3.8, 4) is 11.3 Å². The molecular weight excluding hydrogens is 372 g/mol. The molecule has 6 N–H and O–H groups in total. The third-order valence-electron chi connectivity index (χ3n) is 4.22. The third kappa shape index (κ3) is 4.75. The second-order valence-electron chi connectivity index (χ2n) is 7.66. The number of aromatic amines is 1. The summed E-state index contributed by atoms with van der Waals surface area (Å²) in [5.41, 5.74) is 12.8. The highest BCUT2D eigenvalue weighted by molar-refractivity contribution is 5.94. The lowest BCUT2D eigenvalue weighted by molar-refractivity contribution is -0.360. The van der Waals surface area contributed by atoms with Gasteiger partial charge in [-0.15, -0.1) is 0 Å².